The summed E-state index contributed by atoms with van der Waals surface area (Å²) in [6, 6.07) is 7.55. The van der Waals surface area contributed by atoms with Gasteiger partial charge in [-0.25, -0.2) is 4.98 Å². The van der Waals surface area contributed by atoms with E-state index < -0.39 is 0 Å². The molecular weight excluding hydrogens is 254 g/mol. The van der Waals surface area contributed by atoms with Gasteiger partial charge in [-0.2, -0.15) is 0 Å². The molecule has 2 N–H and O–H groups in total. The first kappa shape index (κ1) is 12.7. The fraction of sp³-hybridized carbons (Fsp3) is 0.267. The molecule has 0 radical (unpaired) electrons. The number of fused-ring (bicyclic) bond motifs is 1. The average molecular weight is 271 g/mol. The van der Waals surface area contributed by atoms with Gasteiger partial charge in [0.15, 0.2) is 5.58 Å². The minimum atomic E-state index is 0.624. The maximum Gasteiger partial charge on any atom is 0.209 e. The molecule has 5 nitrogen and oxygen atoms in total. The van der Waals surface area contributed by atoms with Crippen LogP contribution in [0.3, 0.4) is 0 Å². The predicted molar refractivity (Wildman–Crippen MR) is 77.0 cm³/mol. The molecule has 0 bridgehead atoms. The molecule has 2 heterocycles. The maximum absolute atomic E-state index is 5.88. The molecule has 0 saturated carbocycles. The molecule has 1 aromatic carbocycles. The Bertz CT molecular complexity index is 730. The van der Waals surface area contributed by atoms with Gasteiger partial charge in [0.05, 0.1) is 18.5 Å². The molecule has 0 aliphatic heterocycles. The van der Waals surface area contributed by atoms with Crippen LogP contribution in [0, 0.1) is 6.92 Å². The first-order chi connectivity index (χ1) is 9.63. The zero-order valence-corrected chi connectivity index (χ0v) is 11.6. The first-order valence-corrected chi connectivity index (χ1v) is 6.49. The maximum atomic E-state index is 5.88. The molecule has 3 aromatic rings. The Labute approximate surface area is 117 Å². The SMILES string of the molecule is Cc1occc1CN(C)Cc1nc2c(N)cccc2o1. The normalized spacial score (nSPS) is 11.6. The molecule has 0 spiro atoms. The van der Waals surface area contributed by atoms with Crippen molar-refractivity contribution in [2.24, 2.45) is 0 Å². The standard InChI is InChI=1S/C15H17N3O2/c1-10-11(6-7-19-10)8-18(2)9-14-17-15-12(16)4-3-5-13(15)20-14/h3-7H,8-9,16H2,1-2H3. The molecule has 0 aliphatic rings. The molecular formula is C15H17N3O2. The topological polar surface area (TPSA) is 68.4 Å². The molecule has 0 amide bonds. The van der Waals surface area contributed by atoms with Gasteiger partial charge >= 0.3 is 0 Å². The number of para-hydroxylation sites is 1. The number of aromatic nitrogens is 1. The monoisotopic (exact) mass is 271 g/mol. The number of nitrogen functional groups attached to an aromatic ring is 1. The van der Waals surface area contributed by atoms with Gasteiger partial charge in [-0.15, -0.1) is 0 Å². The molecule has 0 fully saturated rings. The van der Waals surface area contributed by atoms with Gasteiger partial charge < -0.3 is 14.6 Å². The first-order valence-electron chi connectivity index (χ1n) is 6.49. The zero-order chi connectivity index (χ0) is 14.1. The van der Waals surface area contributed by atoms with Gasteiger partial charge in [-0.05, 0) is 32.2 Å². The van der Waals surface area contributed by atoms with E-state index in [1.54, 1.807) is 6.26 Å². The van der Waals surface area contributed by atoms with Crippen LogP contribution >= 0.6 is 0 Å². The third-order valence-electron chi connectivity index (χ3n) is 3.31. The fourth-order valence-electron chi connectivity index (χ4n) is 2.24. The number of oxazole rings is 1. The summed E-state index contributed by atoms with van der Waals surface area (Å²) in [5, 5.41) is 0. The smallest absolute Gasteiger partial charge is 0.209 e. The van der Waals surface area contributed by atoms with Crippen LogP contribution in [0.4, 0.5) is 5.69 Å². The summed E-state index contributed by atoms with van der Waals surface area (Å²) in [5.41, 5.74) is 9.16. The van der Waals surface area contributed by atoms with E-state index in [-0.39, 0.29) is 0 Å². The van der Waals surface area contributed by atoms with Crippen molar-refractivity contribution in [1.82, 2.24) is 9.88 Å². The van der Waals surface area contributed by atoms with Crippen molar-refractivity contribution >= 4 is 16.8 Å². The van der Waals surface area contributed by atoms with Crippen molar-refractivity contribution in [3.05, 3.63) is 47.7 Å². The van der Waals surface area contributed by atoms with E-state index in [2.05, 4.69) is 9.88 Å². The minimum Gasteiger partial charge on any atom is -0.469 e. The van der Waals surface area contributed by atoms with E-state index in [0.717, 1.165) is 23.4 Å². The third kappa shape index (κ3) is 2.40. The van der Waals surface area contributed by atoms with Crippen LogP contribution in [0.2, 0.25) is 0 Å². The highest BCUT2D eigenvalue weighted by Crippen LogP contribution is 2.22. The highest BCUT2D eigenvalue weighted by atomic mass is 16.3. The molecule has 0 unspecified atom stereocenters. The number of anilines is 1. The lowest BCUT2D eigenvalue weighted by molar-refractivity contribution is 0.283. The molecule has 2 aromatic heterocycles. The molecule has 5 heteroatoms. The highest BCUT2D eigenvalue weighted by molar-refractivity contribution is 5.85. The van der Waals surface area contributed by atoms with Gasteiger partial charge in [0.25, 0.3) is 0 Å². The molecule has 0 aliphatic carbocycles. The number of nitrogens with two attached hydrogens (primary N) is 1. The predicted octanol–water partition coefficient (Wildman–Crippen LogP) is 2.94. The Balaban J connectivity index is 1.76. The summed E-state index contributed by atoms with van der Waals surface area (Å²) in [4.78, 5) is 6.57. The van der Waals surface area contributed by atoms with Crippen LogP contribution < -0.4 is 5.73 Å². The Hall–Kier alpha value is -2.27. The van der Waals surface area contributed by atoms with Crippen LogP contribution in [-0.2, 0) is 13.1 Å². The molecule has 3 rings (SSSR count). The Morgan fingerprint density at radius 2 is 2.10 bits per heavy atom. The number of aryl methyl sites for hydroxylation is 1. The Morgan fingerprint density at radius 1 is 1.25 bits per heavy atom. The second-order valence-corrected chi connectivity index (χ2v) is 4.98. The van der Waals surface area contributed by atoms with Gasteiger partial charge in [0.2, 0.25) is 5.89 Å². The molecule has 0 atom stereocenters. The van der Waals surface area contributed by atoms with Gasteiger partial charge in [0.1, 0.15) is 11.3 Å². The highest BCUT2D eigenvalue weighted by Gasteiger charge is 2.12. The second-order valence-electron chi connectivity index (χ2n) is 4.98. The summed E-state index contributed by atoms with van der Waals surface area (Å²) in [6.07, 6.45) is 1.71. The number of rotatable bonds is 4. The lowest BCUT2D eigenvalue weighted by Gasteiger charge is -2.13. The summed E-state index contributed by atoms with van der Waals surface area (Å²) in [6.45, 7) is 3.37. The molecule has 0 saturated heterocycles. The van der Waals surface area contributed by atoms with E-state index >= 15 is 0 Å². The Kier molecular flexibility index (Phi) is 3.20. The van der Waals surface area contributed by atoms with Crippen LogP contribution in [0.25, 0.3) is 11.1 Å². The number of furan rings is 1. The van der Waals surface area contributed by atoms with Crippen molar-refractivity contribution in [1.29, 1.82) is 0 Å². The summed E-state index contributed by atoms with van der Waals surface area (Å²) < 4.78 is 11.0. The minimum absolute atomic E-state index is 0.624. The van der Waals surface area contributed by atoms with Crippen molar-refractivity contribution in [3.8, 4) is 0 Å². The van der Waals surface area contributed by atoms with Crippen LogP contribution in [-0.4, -0.2) is 16.9 Å². The summed E-state index contributed by atoms with van der Waals surface area (Å²) in [5.74, 6) is 1.61. The number of benzene rings is 1. The van der Waals surface area contributed by atoms with E-state index in [1.165, 1.54) is 5.56 Å². The fourth-order valence-corrected chi connectivity index (χ4v) is 2.24. The van der Waals surface area contributed by atoms with E-state index in [0.29, 0.717) is 18.1 Å². The largest absolute Gasteiger partial charge is 0.469 e. The quantitative estimate of drug-likeness (QED) is 0.739. The molecule has 104 valence electrons. The van der Waals surface area contributed by atoms with E-state index in [4.69, 9.17) is 14.6 Å². The summed E-state index contributed by atoms with van der Waals surface area (Å²) in [7, 11) is 2.02. The van der Waals surface area contributed by atoms with Crippen LogP contribution in [0.15, 0.2) is 39.4 Å². The van der Waals surface area contributed by atoms with Gasteiger partial charge in [-0.1, -0.05) is 6.07 Å². The van der Waals surface area contributed by atoms with Gasteiger partial charge in [-0.3, -0.25) is 4.90 Å². The van der Waals surface area contributed by atoms with Crippen molar-refractivity contribution in [2.45, 2.75) is 20.0 Å². The average Bonchev–Trinajstić information content (AvgIpc) is 2.97. The number of hydrogen-bond donors (Lipinski definition) is 1. The van der Waals surface area contributed by atoms with E-state index in [9.17, 15) is 0 Å². The third-order valence-corrected chi connectivity index (χ3v) is 3.31. The van der Waals surface area contributed by atoms with Crippen LogP contribution in [0.5, 0.6) is 0 Å². The lowest BCUT2D eigenvalue weighted by atomic mass is 10.2. The number of hydrogen-bond acceptors (Lipinski definition) is 5. The molecule has 20 heavy (non-hydrogen) atoms. The van der Waals surface area contributed by atoms with E-state index in [1.807, 2.05) is 38.2 Å². The van der Waals surface area contributed by atoms with Crippen molar-refractivity contribution in [3.63, 3.8) is 0 Å². The summed E-state index contributed by atoms with van der Waals surface area (Å²) >= 11 is 0. The zero-order valence-electron chi connectivity index (χ0n) is 11.6. The lowest BCUT2D eigenvalue weighted by Crippen LogP contribution is -2.17. The second kappa shape index (κ2) is 5.02. The van der Waals surface area contributed by atoms with Crippen molar-refractivity contribution < 1.29 is 8.83 Å². The Morgan fingerprint density at radius 3 is 2.80 bits per heavy atom. The van der Waals surface area contributed by atoms with Crippen molar-refractivity contribution in [2.75, 3.05) is 12.8 Å². The number of nitrogens with zero attached hydrogens (tertiary/aromatic N) is 2. The van der Waals surface area contributed by atoms with Crippen LogP contribution in [0.1, 0.15) is 17.2 Å². The van der Waals surface area contributed by atoms with Gasteiger partial charge in [0, 0.05) is 12.1 Å².